The number of hydrogen-bond donors (Lipinski definition) is 2. The molecule has 0 spiro atoms. The summed E-state index contributed by atoms with van der Waals surface area (Å²) in [5.74, 6) is 0.787. The quantitative estimate of drug-likeness (QED) is 0.830. The lowest BCUT2D eigenvalue weighted by atomic mass is 9.96. The van der Waals surface area contributed by atoms with Crippen LogP contribution in [0.3, 0.4) is 0 Å². The average Bonchev–Trinajstić information content (AvgIpc) is 3.20. The van der Waals surface area contributed by atoms with Gasteiger partial charge in [-0.3, -0.25) is 14.5 Å². The Labute approximate surface area is 162 Å². The number of hydrogen-bond acceptors (Lipinski definition) is 5. The van der Waals surface area contributed by atoms with Crippen molar-refractivity contribution in [2.24, 2.45) is 5.92 Å². The van der Waals surface area contributed by atoms with Gasteiger partial charge in [0.25, 0.3) is 11.8 Å². The van der Waals surface area contributed by atoms with E-state index in [0.29, 0.717) is 29.5 Å². The van der Waals surface area contributed by atoms with Crippen molar-refractivity contribution in [1.29, 1.82) is 0 Å². The third-order valence-electron chi connectivity index (χ3n) is 5.09. The lowest BCUT2D eigenvalue weighted by Crippen LogP contribution is -2.38. The highest BCUT2D eigenvalue weighted by molar-refractivity contribution is 7.09. The molecule has 0 aliphatic carbocycles. The molecule has 2 amide bonds. The number of benzene rings is 1. The van der Waals surface area contributed by atoms with Crippen LogP contribution >= 0.6 is 11.3 Å². The first-order valence-corrected chi connectivity index (χ1v) is 10.1. The Bertz CT molecular complexity index is 814. The summed E-state index contributed by atoms with van der Waals surface area (Å²) < 4.78 is 5.38. The maximum absolute atomic E-state index is 12.5. The van der Waals surface area contributed by atoms with Gasteiger partial charge >= 0.3 is 0 Å². The fourth-order valence-electron chi connectivity index (χ4n) is 3.53. The number of nitrogens with one attached hydrogen (secondary N) is 2. The van der Waals surface area contributed by atoms with Crippen LogP contribution < -0.4 is 15.4 Å². The third-order valence-corrected chi connectivity index (χ3v) is 5.96. The smallest absolute Gasteiger partial charge is 0.262 e. The molecular formula is C20H23N3O3S. The number of nitrogens with zero attached hydrogens (tertiary/aromatic N) is 1. The molecule has 0 radical (unpaired) electrons. The molecule has 6 nitrogen and oxygen atoms in total. The molecule has 7 heteroatoms. The standard InChI is InChI=1S/C20H23N3O3S/c24-19-13-26-18-10-15(3-4-17(18)22-19)20(25)21-11-14-5-7-23(8-6-14)12-16-2-1-9-27-16/h1-4,9-10,14H,5-8,11-13H2,(H,21,25)(H,22,24). The highest BCUT2D eigenvalue weighted by Crippen LogP contribution is 2.28. The monoisotopic (exact) mass is 385 g/mol. The van der Waals surface area contributed by atoms with Crippen molar-refractivity contribution < 1.29 is 14.3 Å². The third kappa shape index (κ3) is 4.48. The number of likely N-dealkylation sites (tertiary alicyclic amines) is 1. The van der Waals surface area contributed by atoms with Crippen molar-refractivity contribution in [2.45, 2.75) is 19.4 Å². The van der Waals surface area contributed by atoms with Crippen LogP contribution in [0.4, 0.5) is 5.69 Å². The van der Waals surface area contributed by atoms with E-state index < -0.39 is 0 Å². The van der Waals surface area contributed by atoms with Crippen LogP contribution in [-0.2, 0) is 11.3 Å². The molecule has 2 N–H and O–H groups in total. The Morgan fingerprint density at radius 2 is 2.15 bits per heavy atom. The van der Waals surface area contributed by atoms with Gasteiger partial charge in [-0.05, 0) is 61.5 Å². The van der Waals surface area contributed by atoms with E-state index in [0.717, 1.165) is 32.5 Å². The van der Waals surface area contributed by atoms with Gasteiger partial charge in [-0.1, -0.05) is 6.07 Å². The summed E-state index contributed by atoms with van der Waals surface area (Å²) in [5.41, 5.74) is 1.17. The Kier molecular flexibility index (Phi) is 5.40. The predicted molar refractivity (Wildman–Crippen MR) is 105 cm³/mol. The van der Waals surface area contributed by atoms with Gasteiger partial charge in [-0.15, -0.1) is 11.3 Å². The van der Waals surface area contributed by atoms with E-state index in [4.69, 9.17) is 4.74 Å². The van der Waals surface area contributed by atoms with E-state index in [-0.39, 0.29) is 18.4 Å². The SMILES string of the molecule is O=C1COc2cc(C(=O)NCC3CCN(Cc4cccs4)CC3)ccc2N1. The molecule has 1 aromatic heterocycles. The molecule has 1 fully saturated rings. The van der Waals surface area contributed by atoms with Gasteiger partial charge in [0.05, 0.1) is 5.69 Å². The predicted octanol–water partition coefficient (Wildman–Crippen LogP) is 2.72. The van der Waals surface area contributed by atoms with E-state index in [1.165, 1.54) is 4.88 Å². The number of ether oxygens (including phenoxy) is 1. The minimum Gasteiger partial charge on any atom is -0.482 e. The highest BCUT2D eigenvalue weighted by atomic mass is 32.1. The van der Waals surface area contributed by atoms with Crippen molar-refractivity contribution in [3.05, 3.63) is 46.2 Å². The second-order valence-corrected chi connectivity index (χ2v) is 8.09. The highest BCUT2D eigenvalue weighted by Gasteiger charge is 2.21. The topological polar surface area (TPSA) is 70.7 Å². The largest absolute Gasteiger partial charge is 0.482 e. The molecule has 2 aliphatic rings. The molecule has 4 rings (SSSR count). The summed E-state index contributed by atoms with van der Waals surface area (Å²) in [6.07, 6.45) is 2.20. The zero-order chi connectivity index (χ0) is 18.6. The summed E-state index contributed by atoms with van der Waals surface area (Å²) in [7, 11) is 0. The molecule has 2 aromatic rings. The van der Waals surface area contributed by atoms with Gasteiger partial charge in [-0.2, -0.15) is 0 Å². The fraction of sp³-hybridized carbons (Fsp3) is 0.400. The van der Waals surface area contributed by atoms with Crippen molar-refractivity contribution >= 4 is 28.8 Å². The summed E-state index contributed by atoms with van der Waals surface area (Å²) in [4.78, 5) is 27.7. The van der Waals surface area contributed by atoms with Crippen molar-refractivity contribution in [3.8, 4) is 5.75 Å². The van der Waals surface area contributed by atoms with E-state index in [1.807, 2.05) is 0 Å². The van der Waals surface area contributed by atoms with Gasteiger partial charge in [0.2, 0.25) is 0 Å². The van der Waals surface area contributed by atoms with Crippen LogP contribution in [0.5, 0.6) is 5.75 Å². The van der Waals surface area contributed by atoms with E-state index in [2.05, 4.69) is 33.0 Å². The molecule has 142 valence electrons. The van der Waals surface area contributed by atoms with Crippen LogP contribution in [0.1, 0.15) is 28.1 Å². The lowest BCUT2D eigenvalue weighted by Gasteiger charge is -2.31. The zero-order valence-corrected chi connectivity index (χ0v) is 15.9. The molecular weight excluding hydrogens is 362 g/mol. The first kappa shape index (κ1) is 18.0. The summed E-state index contributed by atoms with van der Waals surface area (Å²) >= 11 is 1.81. The molecule has 0 saturated carbocycles. The number of thiophene rings is 1. The Hall–Kier alpha value is -2.38. The van der Waals surface area contributed by atoms with Gasteiger partial charge in [0.1, 0.15) is 5.75 Å². The van der Waals surface area contributed by atoms with Gasteiger partial charge in [-0.25, -0.2) is 0 Å². The van der Waals surface area contributed by atoms with E-state index in [9.17, 15) is 9.59 Å². The molecule has 0 atom stereocenters. The number of rotatable bonds is 5. The Balaban J connectivity index is 1.25. The Morgan fingerprint density at radius 1 is 1.30 bits per heavy atom. The van der Waals surface area contributed by atoms with Crippen molar-refractivity contribution in [3.63, 3.8) is 0 Å². The second kappa shape index (κ2) is 8.10. The van der Waals surface area contributed by atoms with E-state index >= 15 is 0 Å². The van der Waals surface area contributed by atoms with Crippen LogP contribution in [-0.4, -0.2) is 43.0 Å². The maximum atomic E-state index is 12.5. The fourth-order valence-corrected chi connectivity index (χ4v) is 4.27. The number of fused-ring (bicyclic) bond motifs is 1. The number of carbonyl (C=O) groups excluding carboxylic acids is 2. The summed E-state index contributed by atoms with van der Waals surface area (Å²) in [6.45, 7) is 3.86. The summed E-state index contributed by atoms with van der Waals surface area (Å²) in [6, 6.07) is 9.40. The van der Waals surface area contributed by atoms with Gasteiger partial charge in [0, 0.05) is 23.5 Å². The van der Waals surface area contributed by atoms with Crippen LogP contribution in [0.25, 0.3) is 0 Å². The number of piperidine rings is 1. The zero-order valence-electron chi connectivity index (χ0n) is 15.1. The maximum Gasteiger partial charge on any atom is 0.262 e. The number of carbonyl (C=O) groups is 2. The minimum absolute atomic E-state index is 0.0118. The van der Waals surface area contributed by atoms with E-state index in [1.54, 1.807) is 29.5 Å². The van der Waals surface area contributed by atoms with Crippen LogP contribution in [0.15, 0.2) is 35.7 Å². The molecule has 2 aliphatic heterocycles. The van der Waals surface area contributed by atoms with Gasteiger partial charge < -0.3 is 15.4 Å². The molecule has 1 aromatic carbocycles. The van der Waals surface area contributed by atoms with Crippen molar-refractivity contribution in [2.75, 3.05) is 31.6 Å². The number of amides is 2. The number of anilines is 1. The summed E-state index contributed by atoms with van der Waals surface area (Å²) in [5, 5.41) is 7.90. The average molecular weight is 385 g/mol. The molecule has 0 bridgehead atoms. The van der Waals surface area contributed by atoms with Crippen molar-refractivity contribution in [1.82, 2.24) is 10.2 Å². The first-order chi connectivity index (χ1) is 13.2. The van der Waals surface area contributed by atoms with Gasteiger partial charge in [0.15, 0.2) is 6.61 Å². The molecule has 1 saturated heterocycles. The Morgan fingerprint density at radius 3 is 2.93 bits per heavy atom. The normalized spacial score (nSPS) is 17.7. The first-order valence-electron chi connectivity index (χ1n) is 9.27. The van der Waals surface area contributed by atoms with Crippen LogP contribution in [0, 0.1) is 5.92 Å². The molecule has 3 heterocycles. The molecule has 0 unspecified atom stereocenters. The lowest BCUT2D eigenvalue weighted by molar-refractivity contribution is -0.118. The second-order valence-electron chi connectivity index (χ2n) is 7.06. The van der Waals surface area contributed by atoms with Crippen LogP contribution in [0.2, 0.25) is 0 Å². The molecule has 27 heavy (non-hydrogen) atoms. The minimum atomic E-state index is -0.176.